The summed E-state index contributed by atoms with van der Waals surface area (Å²) in [6, 6.07) is 6.63. The molecule has 1 aromatic rings. The van der Waals surface area contributed by atoms with E-state index in [9.17, 15) is 4.39 Å². The summed E-state index contributed by atoms with van der Waals surface area (Å²) in [5, 5.41) is 6.65. The fourth-order valence-electron chi connectivity index (χ4n) is 2.46. The van der Waals surface area contributed by atoms with Crippen LogP contribution >= 0.6 is 0 Å². The molecule has 120 valence electrons. The van der Waals surface area contributed by atoms with Crippen molar-refractivity contribution in [3.8, 4) is 0 Å². The number of nitrogens with one attached hydrogen (secondary N) is 2. The van der Waals surface area contributed by atoms with E-state index in [1.807, 2.05) is 6.92 Å². The molecule has 1 aliphatic heterocycles. The summed E-state index contributed by atoms with van der Waals surface area (Å²) in [5.41, 5.74) is 13.6. The predicted molar refractivity (Wildman–Crippen MR) is 87.7 cm³/mol. The second-order valence-corrected chi connectivity index (χ2v) is 5.66. The maximum absolute atomic E-state index is 13.1. The summed E-state index contributed by atoms with van der Waals surface area (Å²) in [7, 11) is 0. The first-order chi connectivity index (χ1) is 10.5. The minimum absolute atomic E-state index is 0.0828. The van der Waals surface area contributed by atoms with E-state index in [-0.39, 0.29) is 17.8 Å². The second kappa shape index (κ2) is 7.26. The fraction of sp³-hybridized carbons (Fsp3) is 0.438. The molecule has 0 unspecified atom stereocenters. The summed E-state index contributed by atoms with van der Waals surface area (Å²) in [4.78, 5) is 4.34. The van der Waals surface area contributed by atoms with Crippen molar-refractivity contribution >= 4 is 5.84 Å². The first-order valence-electron chi connectivity index (χ1n) is 7.50. The smallest absolute Gasteiger partial charge is 0.147 e. The van der Waals surface area contributed by atoms with Crippen molar-refractivity contribution in [1.29, 1.82) is 0 Å². The van der Waals surface area contributed by atoms with Gasteiger partial charge in [-0.15, -0.1) is 0 Å². The maximum atomic E-state index is 13.1. The van der Waals surface area contributed by atoms with E-state index in [4.69, 9.17) is 11.5 Å². The molecule has 22 heavy (non-hydrogen) atoms. The molecule has 0 spiro atoms. The zero-order chi connectivity index (χ0) is 16.1. The zero-order valence-electron chi connectivity index (χ0n) is 13.1. The number of halogens is 1. The Kier molecular flexibility index (Phi) is 5.38. The molecular weight excluding hydrogens is 281 g/mol. The van der Waals surface area contributed by atoms with E-state index in [1.54, 1.807) is 19.1 Å². The standard InChI is InChI=1S/C16H24FN5/c1-10(12-3-5-13(17)6-4-12)15(19)16(21-11(2)18)22-14-7-8-20-9-14/h3-6,10,14,20,22H,7-9,19H2,1-2H3,(H2,18,21)/b16-15+/t10-,14-/m1/s1. The van der Waals surface area contributed by atoms with E-state index in [0.717, 1.165) is 25.1 Å². The monoisotopic (exact) mass is 305 g/mol. The number of amidine groups is 1. The van der Waals surface area contributed by atoms with E-state index in [0.29, 0.717) is 17.4 Å². The average Bonchev–Trinajstić information content (AvgIpc) is 2.98. The van der Waals surface area contributed by atoms with Crippen molar-refractivity contribution in [3.63, 3.8) is 0 Å². The van der Waals surface area contributed by atoms with Crippen molar-refractivity contribution in [2.75, 3.05) is 13.1 Å². The Labute approximate surface area is 130 Å². The zero-order valence-corrected chi connectivity index (χ0v) is 13.1. The predicted octanol–water partition coefficient (Wildman–Crippen LogP) is 1.39. The molecule has 0 amide bonds. The molecule has 6 N–H and O–H groups in total. The van der Waals surface area contributed by atoms with Crippen LogP contribution in [-0.4, -0.2) is 25.0 Å². The van der Waals surface area contributed by atoms with Gasteiger partial charge < -0.3 is 22.1 Å². The van der Waals surface area contributed by atoms with Crippen LogP contribution in [0.2, 0.25) is 0 Å². The van der Waals surface area contributed by atoms with Crippen LogP contribution < -0.4 is 22.1 Å². The Morgan fingerprint density at radius 3 is 2.59 bits per heavy atom. The van der Waals surface area contributed by atoms with E-state index < -0.39 is 0 Å². The maximum Gasteiger partial charge on any atom is 0.147 e. The Morgan fingerprint density at radius 2 is 2.05 bits per heavy atom. The highest BCUT2D eigenvalue weighted by Gasteiger charge is 2.19. The molecule has 6 heteroatoms. The van der Waals surface area contributed by atoms with Gasteiger partial charge in [-0.2, -0.15) is 0 Å². The van der Waals surface area contributed by atoms with Gasteiger partial charge in [0.2, 0.25) is 0 Å². The lowest BCUT2D eigenvalue weighted by Crippen LogP contribution is -2.33. The van der Waals surface area contributed by atoms with Crippen LogP contribution in [0.4, 0.5) is 4.39 Å². The van der Waals surface area contributed by atoms with E-state index >= 15 is 0 Å². The molecule has 1 aromatic carbocycles. The van der Waals surface area contributed by atoms with Crippen LogP contribution in [0.1, 0.15) is 31.7 Å². The molecule has 0 radical (unpaired) electrons. The fourth-order valence-corrected chi connectivity index (χ4v) is 2.46. The highest BCUT2D eigenvalue weighted by atomic mass is 19.1. The Bertz CT molecular complexity index is 554. The van der Waals surface area contributed by atoms with E-state index in [1.165, 1.54) is 12.1 Å². The van der Waals surface area contributed by atoms with Gasteiger partial charge in [-0.05, 0) is 37.6 Å². The number of aliphatic imine (C=N–C) groups is 1. The Morgan fingerprint density at radius 1 is 1.36 bits per heavy atom. The molecule has 0 saturated carbocycles. The quantitative estimate of drug-likeness (QED) is 0.489. The first kappa shape index (κ1) is 16.3. The minimum atomic E-state index is -0.260. The number of nitrogens with zero attached hydrogens (tertiary/aromatic N) is 1. The van der Waals surface area contributed by atoms with Crippen molar-refractivity contribution in [1.82, 2.24) is 10.6 Å². The lowest BCUT2D eigenvalue weighted by atomic mass is 9.97. The van der Waals surface area contributed by atoms with Crippen molar-refractivity contribution in [3.05, 3.63) is 47.2 Å². The Balaban J connectivity index is 2.26. The number of allylic oxidation sites excluding steroid dienone is 1. The van der Waals surface area contributed by atoms with Gasteiger partial charge in [0.1, 0.15) is 11.6 Å². The highest BCUT2D eigenvalue weighted by molar-refractivity contribution is 5.78. The number of benzene rings is 1. The van der Waals surface area contributed by atoms with Gasteiger partial charge in [-0.3, -0.25) is 0 Å². The third-order valence-corrected chi connectivity index (χ3v) is 3.80. The topological polar surface area (TPSA) is 88.5 Å². The SMILES string of the molecule is C/C(N)=N/C(N[C@@H]1CCNC1)=C(\N)[C@H](C)c1ccc(F)cc1. The van der Waals surface area contributed by atoms with Crippen LogP contribution in [-0.2, 0) is 0 Å². The molecular formula is C16H24FN5. The summed E-state index contributed by atoms with van der Waals surface area (Å²) in [6.07, 6.45) is 1.01. The van der Waals surface area contributed by atoms with Gasteiger partial charge in [0.05, 0.1) is 11.5 Å². The highest BCUT2D eigenvalue weighted by Crippen LogP contribution is 2.23. The summed E-state index contributed by atoms with van der Waals surface area (Å²) in [5.74, 6) is 0.707. The molecule has 0 bridgehead atoms. The van der Waals surface area contributed by atoms with Gasteiger partial charge in [0.15, 0.2) is 0 Å². The van der Waals surface area contributed by atoms with Gasteiger partial charge >= 0.3 is 0 Å². The summed E-state index contributed by atoms with van der Waals surface area (Å²) >= 11 is 0. The van der Waals surface area contributed by atoms with Crippen molar-refractivity contribution < 1.29 is 4.39 Å². The Hall–Kier alpha value is -2.08. The van der Waals surface area contributed by atoms with Crippen LogP contribution in [0.25, 0.3) is 0 Å². The van der Waals surface area contributed by atoms with Gasteiger partial charge in [-0.25, -0.2) is 9.38 Å². The van der Waals surface area contributed by atoms with E-state index in [2.05, 4.69) is 15.6 Å². The number of nitrogens with two attached hydrogens (primary N) is 2. The number of hydrogen-bond acceptors (Lipinski definition) is 4. The molecule has 0 aromatic heterocycles. The lowest BCUT2D eigenvalue weighted by molar-refractivity contribution is 0.596. The number of rotatable bonds is 5. The van der Waals surface area contributed by atoms with Gasteiger partial charge in [0.25, 0.3) is 0 Å². The lowest BCUT2D eigenvalue weighted by Gasteiger charge is -2.20. The number of hydrogen-bond donors (Lipinski definition) is 4. The third kappa shape index (κ3) is 4.21. The van der Waals surface area contributed by atoms with Crippen molar-refractivity contribution in [2.45, 2.75) is 32.2 Å². The summed E-state index contributed by atoms with van der Waals surface area (Å²) < 4.78 is 13.1. The molecule has 1 fully saturated rings. The largest absolute Gasteiger partial charge is 0.399 e. The van der Waals surface area contributed by atoms with Gasteiger partial charge in [-0.1, -0.05) is 19.1 Å². The molecule has 1 heterocycles. The van der Waals surface area contributed by atoms with Crippen LogP contribution in [0.5, 0.6) is 0 Å². The summed E-state index contributed by atoms with van der Waals surface area (Å²) in [6.45, 7) is 5.55. The molecule has 5 nitrogen and oxygen atoms in total. The van der Waals surface area contributed by atoms with Crippen LogP contribution in [0.15, 0.2) is 40.8 Å². The molecule has 0 aliphatic carbocycles. The molecule has 1 aliphatic rings. The second-order valence-electron chi connectivity index (χ2n) is 5.66. The van der Waals surface area contributed by atoms with Crippen LogP contribution in [0.3, 0.4) is 0 Å². The van der Waals surface area contributed by atoms with Crippen molar-refractivity contribution in [2.24, 2.45) is 16.5 Å². The average molecular weight is 305 g/mol. The first-order valence-corrected chi connectivity index (χ1v) is 7.50. The van der Waals surface area contributed by atoms with Gasteiger partial charge in [0, 0.05) is 18.5 Å². The normalized spacial score (nSPS) is 21.4. The molecule has 2 atom stereocenters. The molecule has 1 saturated heterocycles. The van der Waals surface area contributed by atoms with Crippen LogP contribution in [0, 0.1) is 5.82 Å². The minimum Gasteiger partial charge on any atom is -0.399 e. The molecule has 2 rings (SSSR count). The third-order valence-electron chi connectivity index (χ3n) is 3.80.